The molecule has 1 aromatic heterocycles. The summed E-state index contributed by atoms with van der Waals surface area (Å²) in [6.45, 7) is 1.29. The number of anilines is 1. The molecule has 1 aromatic carbocycles. The van der Waals surface area contributed by atoms with Crippen molar-refractivity contribution in [1.29, 1.82) is 0 Å². The molecule has 0 aliphatic carbocycles. The first kappa shape index (κ1) is 17.9. The van der Waals surface area contributed by atoms with Crippen LogP contribution in [0.25, 0.3) is 6.08 Å². The van der Waals surface area contributed by atoms with E-state index in [1.165, 1.54) is 11.8 Å². The predicted molar refractivity (Wildman–Crippen MR) is 100 cm³/mol. The molecule has 5 nitrogen and oxygen atoms in total. The van der Waals surface area contributed by atoms with E-state index in [1.807, 2.05) is 60.7 Å². The molecule has 0 aliphatic heterocycles. The number of hydrogen-bond donors (Lipinski definition) is 1. The summed E-state index contributed by atoms with van der Waals surface area (Å²) in [5.74, 6) is 1.28. The lowest BCUT2D eigenvalue weighted by molar-refractivity contribution is -0.113. The van der Waals surface area contributed by atoms with Gasteiger partial charge >= 0.3 is 0 Å². The number of carbonyl (C=O) groups is 1. The van der Waals surface area contributed by atoms with Crippen molar-refractivity contribution in [2.75, 3.05) is 31.4 Å². The number of ether oxygens (including phenoxy) is 1. The quantitative estimate of drug-likeness (QED) is 0.747. The van der Waals surface area contributed by atoms with Gasteiger partial charge in [-0.15, -0.1) is 11.8 Å². The molecular formula is C18H21N3O2S. The minimum Gasteiger partial charge on any atom is -0.492 e. The number of amides is 1. The number of benzene rings is 1. The van der Waals surface area contributed by atoms with Crippen LogP contribution in [0, 0.1) is 0 Å². The zero-order valence-corrected chi connectivity index (χ0v) is 14.6. The second-order valence-corrected chi connectivity index (χ2v) is 5.95. The van der Waals surface area contributed by atoms with Gasteiger partial charge in [0, 0.05) is 13.2 Å². The lowest BCUT2D eigenvalue weighted by Crippen LogP contribution is -2.24. The van der Waals surface area contributed by atoms with E-state index in [2.05, 4.69) is 4.98 Å². The van der Waals surface area contributed by atoms with Crippen molar-refractivity contribution in [2.24, 2.45) is 5.73 Å². The van der Waals surface area contributed by atoms with E-state index in [9.17, 15) is 4.79 Å². The average molecular weight is 343 g/mol. The van der Waals surface area contributed by atoms with Gasteiger partial charge in [-0.2, -0.15) is 0 Å². The highest BCUT2D eigenvalue weighted by Gasteiger charge is 2.04. The second-order valence-electron chi connectivity index (χ2n) is 5.10. The van der Waals surface area contributed by atoms with Gasteiger partial charge in [-0.05, 0) is 42.2 Å². The Morgan fingerprint density at radius 2 is 2.04 bits per heavy atom. The van der Waals surface area contributed by atoms with Crippen LogP contribution >= 0.6 is 11.8 Å². The number of pyridine rings is 1. The molecule has 0 aliphatic rings. The fourth-order valence-electron chi connectivity index (χ4n) is 2.04. The maximum absolute atomic E-state index is 11.2. The molecule has 1 heterocycles. The molecule has 0 radical (unpaired) electrons. The normalized spacial score (nSPS) is 11.2. The number of aromatic nitrogens is 1. The molecule has 2 aromatic rings. The van der Waals surface area contributed by atoms with Gasteiger partial charge in [-0.25, -0.2) is 4.98 Å². The standard InChI is InChI=1S/C18H21N3O2S/c1-21(17-5-3-4-10-20-17)11-12-23-15-8-6-14(7-9-15)13-16(24-2)18(19)22/h3-10,13H,11-12H2,1-2H3,(H2,19,22)/b16-13-. The summed E-state index contributed by atoms with van der Waals surface area (Å²) >= 11 is 1.34. The van der Waals surface area contributed by atoms with E-state index >= 15 is 0 Å². The largest absolute Gasteiger partial charge is 0.492 e. The van der Waals surface area contributed by atoms with Gasteiger partial charge in [0.25, 0.3) is 5.91 Å². The molecule has 126 valence electrons. The van der Waals surface area contributed by atoms with Crippen molar-refractivity contribution in [2.45, 2.75) is 0 Å². The van der Waals surface area contributed by atoms with Gasteiger partial charge < -0.3 is 15.4 Å². The van der Waals surface area contributed by atoms with Crippen molar-refractivity contribution in [3.05, 3.63) is 59.1 Å². The van der Waals surface area contributed by atoms with Crippen LogP contribution in [0.1, 0.15) is 5.56 Å². The highest BCUT2D eigenvalue weighted by atomic mass is 32.2. The molecule has 2 rings (SSSR count). The fraction of sp³-hybridized carbons (Fsp3) is 0.222. The molecule has 2 N–H and O–H groups in total. The van der Waals surface area contributed by atoms with E-state index in [4.69, 9.17) is 10.5 Å². The van der Waals surface area contributed by atoms with Gasteiger partial charge in [0.1, 0.15) is 18.2 Å². The highest BCUT2D eigenvalue weighted by Crippen LogP contribution is 2.18. The van der Waals surface area contributed by atoms with Crippen molar-refractivity contribution < 1.29 is 9.53 Å². The number of nitrogens with two attached hydrogens (primary N) is 1. The summed E-state index contributed by atoms with van der Waals surface area (Å²) in [6.07, 6.45) is 5.37. The first-order valence-corrected chi connectivity index (χ1v) is 8.73. The third-order valence-electron chi connectivity index (χ3n) is 3.38. The van der Waals surface area contributed by atoms with E-state index in [0.717, 1.165) is 23.7 Å². The maximum Gasteiger partial charge on any atom is 0.255 e. The average Bonchev–Trinajstić information content (AvgIpc) is 2.61. The van der Waals surface area contributed by atoms with Gasteiger partial charge in [-0.3, -0.25) is 4.79 Å². The molecule has 0 spiro atoms. The Kier molecular flexibility index (Phi) is 6.69. The summed E-state index contributed by atoms with van der Waals surface area (Å²) in [6, 6.07) is 13.4. The topological polar surface area (TPSA) is 68.4 Å². The Morgan fingerprint density at radius 3 is 2.62 bits per heavy atom. The third kappa shape index (κ3) is 5.31. The number of nitrogens with zero attached hydrogens (tertiary/aromatic N) is 2. The van der Waals surface area contributed by atoms with Crippen molar-refractivity contribution >= 4 is 29.6 Å². The Bertz CT molecular complexity index is 687. The molecule has 6 heteroatoms. The van der Waals surface area contributed by atoms with Gasteiger partial charge in [-0.1, -0.05) is 18.2 Å². The second kappa shape index (κ2) is 8.98. The van der Waals surface area contributed by atoms with E-state index in [-0.39, 0.29) is 0 Å². The van der Waals surface area contributed by atoms with Crippen LogP contribution in [0.5, 0.6) is 5.75 Å². The monoisotopic (exact) mass is 343 g/mol. The highest BCUT2D eigenvalue weighted by molar-refractivity contribution is 8.03. The molecule has 0 bridgehead atoms. The minimum atomic E-state index is -0.416. The number of rotatable bonds is 8. The summed E-state index contributed by atoms with van der Waals surface area (Å²) in [5, 5.41) is 0. The number of hydrogen-bond acceptors (Lipinski definition) is 5. The van der Waals surface area contributed by atoms with Crippen LogP contribution < -0.4 is 15.4 Å². The van der Waals surface area contributed by atoms with Crippen LogP contribution in [0.3, 0.4) is 0 Å². The summed E-state index contributed by atoms with van der Waals surface area (Å²) < 4.78 is 5.74. The Balaban J connectivity index is 1.87. The van der Waals surface area contributed by atoms with Crippen LogP contribution in [0.2, 0.25) is 0 Å². The van der Waals surface area contributed by atoms with E-state index in [1.54, 1.807) is 12.3 Å². The third-order valence-corrected chi connectivity index (χ3v) is 4.14. The van der Waals surface area contributed by atoms with Crippen LogP contribution in [-0.4, -0.2) is 37.3 Å². The maximum atomic E-state index is 11.2. The zero-order valence-electron chi connectivity index (χ0n) is 13.8. The minimum absolute atomic E-state index is 0.416. The van der Waals surface area contributed by atoms with Gasteiger partial charge in [0.15, 0.2) is 0 Å². The fourth-order valence-corrected chi connectivity index (χ4v) is 2.49. The zero-order chi connectivity index (χ0) is 17.4. The molecule has 1 amide bonds. The van der Waals surface area contributed by atoms with Gasteiger partial charge in [0.05, 0.1) is 11.4 Å². The van der Waals surface area contributed by atoms with Crippen LogP contribution in [-0.2, 0) is 4.79 Å². The summed E-state index contributed by atoms with van der Waals surface area (Å²) in [5.41, 5.74) is 6.22. The smallest absolute Gasteiger partial charge is 0.255 e. The number of carbonyl (C=O) groups excluding carboxylic acids is 1. The van der Waals surface area contributed by atoms with E-state index < -0.39 is 5.91 Å². The number of primary amides is 1. The Morgan fingerprint density at radius 1 is 1.29 bits per heavy atom. The summed E-state index contributed by atoms with van der Waals surface area (Å²) in [7, 11) is 1.98. The molecule has 0 saturated carbocycles. The Hall–Kier alpha value is -2.47. The van der Waals surface area contributed by atoms with Crippen molar-refractivity contribution in [1.82, 2.24) is 4.98 Å². The molecule has 0 fully saturated rings. The van der Waals surface area contributed by atoms with Gasteiger partial charge in [0.2, 0.25) is 0 Å². The van der Waals surface area contributed by atoms with E-state index in [0.29, 0.717) is 11.5 Å². The molecule has 24 heavy (non-hydrogen) atoms. The summed E-state index contributed by atoms with van der Waals surface area (Å²) in [4.78, 5) is 18.1. The lowest BCUT2D eigenvalue weighted by Gasteiger charge is -2.18. The SMILES string of the molecule is CS/C(=C\c1ccc(OCCN(C)c2ccccn2)cc1)C(N)=O. The van der Waals surface area contributed by atoms with Crippen molar-refractivity contribution in [3.8, 4) is 5.75 Å². The molecular weight excluding hydrogens is 322 g/mol. The first-order chi connectivity index (χ1) is 11.6. The van der Waals surface area contributed by atoms with Crippen LogP contribution in [0.4, 0.5) is 5.82 Å². The molecule has 0 atom stereocenters. The van der Waals surface area contributed by atoms with Crippen LogP contribution in [0.15, 0.2) is 53.6 Å². The molecule has 0 unspecified atom stereocenters. The lowest BCUT2D eigenvalue weighted by atomic mass is 10.2. The number of thioether (sulfide) groups is 1. The number of likely N-dealkylation sites (N-methyl/N-ethyl adjacent to an activating group) is 1. The predicted octanol–water partition coefficient (Wildman–Crippen LogP) is 2.79. The molecule has 0 saturated heterocycles. The Labute approximate surface area is 146 Å². The van der Waals surface area contributed by atoms with Crippen molar-refractivity contribution in [3.63, 3.8) is 0 Å². The first-order valence-electron chi connectivity index (χ1n) is 7.50.